The molecule has 1 fully saturated rings. The van der Waals surface area contributed by atoms with E-state index in [0.29, 0.717) is 6.54 Å². The van der Waals surface area contributed by atoms with Crippen LogP contribution in [0.5, 0.6) is 0 Å². The number of benzene rings is 1. The lowest BCUT2D eigenvalue weighted by Gasteiger charge is -2.31. The summed E-state index contributed by atoms with van der Waals surface area (Å²) >= 11 is 3.39. The fourth-order valence-corrected chi connectivity index (χ4v) is 3.44. The van der Waals surface area contributed by atoms with Crippen LogP contribution in [0.2, 0.25) is 0 Å². The van der Waals surface area contributed by atoms with Crippen molar-refractivity contribution in [1.29, 1.82) is 0 Å². The highest BCUT2D eigenvalue weighted by atomic mass is 79.9. The molecule has 1 aliphatic rings. The summed E-state index contributed by atoms with van der Waals surface area (Å²) in [5.74, 6) is -0.346. The topological polar surface area (TPSA) is 71.9 Å². The molecule has 1 aliphatic heterocycles. The summed E-state index contributed by atoms with van der Waals surface area (Å²) in [7, 11) is 0. The smallest absolute Gasteiger partial charge is 0.275 e. The van der Waals surface area contributed by atoms with E-state index < -0.39 is 0 Å². The Kier molecular flexibility index (Phi) is 6.77. The molecule has 1 aromatic carbocycles. The van der Waals surface area contributed by atoms with Gasteiger partial charge in [0.1, 0.15) is 25.3 Å². The summed E-state index contributed by atoms with van der Waals surface area (Å²) in [4.78, 5) is 25.2. The molecule has 2 amide bonds. The summed E-state index contributed by atoms with van der Waals surface area (Å²) in [6.07, 6.45) is 0.306. The second-order valence-electron chi connectivity index (χ2n) is 6.38. The average molecular weight is 399 g/mol. The summed E-state index contributed by atoms with van der Waals surface area (Å²) in [6, 6.07) is 5.63. The van der Waals surface area contributed by atoms with Gasteiger partial charge in [-0.1, -0.05) is 15.9 Å². The molecule has 0 unspecified atom stereocenters. The first-order valence-corrected chi connectivity index (χ1v) is 8.94. The van der Waals surface area contributed by atoms with Gasteiger partial charge in [0, 0.05) is 10.2 Å². The minimum atomic E-state index is -0.229. The number of aryl methyl sites for hydroxylation is 1. The van der Waals surface area contributed by atoms with E-state index in [9.17, 15) is 9.59 Å². The molecule has 1 aromatic rings. The van der Waals surface area contributed by atoms with E-state index in [1.54, 1.807) is 0 Å². The summed E-state index contributed by atoms with van der Waals surface area (Å²) in [5, 5.41) is 5.50. The first-order chi connectivity index (χ1) is 11.3. The number of hydrogen-bond acceptors (Lipinski definition) is 3. The van der Waals surface area contributed by atoms with Crippen molar-refractivity contribution in [2.24, 2.45) is 0 Å². The van der Waals surface area contributed by atoms with Crippen molar-refractivity contribution in [1.82, 2.24) is 5.32 Å². The third-order valence-electron chi connectivity index (χ3n) is 3.94. The van der Waals surface area contributed by atoms with Gasteiger partial charge in [0.2, 0.25) is 5.91 Å². The Balaban J connectivity index is 1.76. The molecular formula is C17H25BrN3O3+. The number of quaternary nitrogens is 1. The highest BCUT2D eigenvalue weighted by Gasteiger charge is 2.27. The fraction of sp³-hybridized carbons (Fsp3) is 0.529. The first-order valence-electron chi connectivity index (χ1n) is 8.15. The van der Waals surface area contributed by atoms with Gasteiger partial charge in [0.05, 0.1) is 6.54 Å². The molecule has 3 N–H and O–H groups in total. The van der Waals surface area contributed by atoms with Crippen LogP contribution in [0.3, 0.4) is 0 Å². The van der Waals surface area contributed by atoms with Crippen molar-refractivity contribution < 1.29 is 19.2 Å². The number of carbonyl (C=O) groups is 2. The zero-order valence-electron chi connectivity index (χ0n) is 14.3. The van der Waals surface area contributed by atoms with Crippen LogP contribution in [-0.2, 0) is 14.3 Å². The average Bonchev–Trinajstić information content (AvgIpc) is 2.47. The van der Waals surface area contributed by atoms with Gasteiger partial charge in [-0.3, -0.25) is 9.59 Å². The van der Waals surface area contributed by atoms with Gasteiger partial charge >= 0.3 is 0 Å². The van der Waals surface area contributed by atoms with E-state index in [1.165, 1.54) is 4.90 Å². The van der Waals surface area contributed by atoms with Crippen molar-refractivity contribution in [3.8, 4) is 0 Å². The van der Waals surface area contributed by atoms with E-state index in [2.05, 4.69) is 26.6 Å². The van der Waals surface area contributed by atoms with Gasteiger partial charge in [-0.15, -0.1) is 0 Å². The second-order valence-corrected chi connectivity index (χ2v) is 7.29. The van der Waals surface area contributed by atoms with E-state index in [1.807, 2.05) is 39.0 Å². The van der Waals surface area contributed by atoms with E-state index in [-0.39, 0.29) is 30.6 Å². The van der Waals surface area contributed by atoms with Gasteiger partial charge in [-0.2, -0.15) is 0 Å². The van der Waals surface area contributed by atoms with Crippen LogP contribution in [0.1, 0.15) is 19.4 Å². The Morgan fingerprint density at radius 1 is 1.25 bits per heavy atom. The highest BCUT2D eigenvalue weighted by molar-refractivity contribution is 9.10. The minimum Gasteiger partial charge on any atom is -0.364 e. The lowest BCUT2D eigenvalue weighted by molar-refractivity contribution is -0.907. The SMILES string of the molecule is Cc1cc(Br)ccc1NC(=O)CNC(=O)C[NH+]1C[C@H](C)O[C@@H](C)C1. The number of carbonyl (C=O) groups excluding carboxylic acids is 2. The third kappa shape index (κ3) is 5.89. The molecule has 0 spiro atoms. The Labute approximate surface area is 151 Å². The monoisotopic (exact) mass is 398 g/mol. The lowest BCUT2D eigenvalue weighted by Crippen LogP contribution is -3.16. The predicted molar refractivity (Wildman–Crippen MR) is 96.1 cm³/mol. The number of hydrogen-bond donors (Lipinski definition) is 3. The summed E-state index contributed by atoms with van der Waals surface area (Å²) < 4.78 is 6.62. The van der Waals surface area contributed by atoms with Crippen LogP contribution in [0, 0.1) is 6.92 Å². The Morgan fingerprint density at radius 3 is 2.54 bits per heavy atom. The molecule has 0 saturated carbocycles. The molecule has 2 atom stereocenters. The summed E-state index contributed by atoms with van der Waals surface area (Å²) in [5.41, 5.74) is 1.71. The molecule has 6 nitrogen and oxygen atoms in total. The van der Waals surface area contributed by atoms with Crippen LogP contribution in [0.15, 0.2) is 22.7 Å². The van der Waals surface area contributed by atoms with Crippen molar-refractivity contribution in [3.63, 3.8) is 0 Å². The zero-order valence-corrected chi connectivity index (χ0v) is 15.9. The molecule has 7 heteroatoms. The van der Waals surface area contributed by atoms with Crippen LogP contribution >= 0.6 is 15.9 Å². The van der Waals surface area contributed by atoms with Gasteiger partial charge < -0.3 is 20.3 Å². The Morgan fingerprint density at radius 2 is 1.92 bits per heavy atom. The number of ether oxygens (including phenoxy) is 1. The van der Waals surface area contributed by atoms with Crippen molar-refractivity contribution in [3.05, 3.63) is 28.2 Å². The molecule has 0 aliphatic carbocycles. The molecule has 0 aromatic heterocycles. The van der Waals surface area contributed by atoms with Crippen LogP contribution < -0.4 is 15.5 Å². The molecule has 1 heterocycles. The van der Waals surface area contributed by atoms with E-state index in [0.717, 1.165) is 28.8 Å². The number of rotatable bonds is 5. The van der Waals surface area contributed by atoms with Gasteiger partial charge in [-0.25, -0.2) is 0 Å². The zero-order chi connectivity index (χ0) is 17.7. The molecule has 24 heavy (non-hydrogen) atoms. The largest absolute Gasteiger partial charge is 0.364 e. The second kappa shape index (κ2) is 8.60. The third-order valence-corrected chi connectivity index (χ3v) is 4.43. The van der Waals surface area contributed by atoms with E-state index >= 15 is 0 Å². The standard InChI is InChI=1S/C17H24BrN3O3/c1-11-6-14(18)4-5-15(11)20-16(22)7-19-17(23)10-21-8-12(2)24-13(3)9-21/h4-6,12-13H,7-10H2,1-3H3,(H,19,23)(H,20,22)/p+1/t12-,13-/m0/s1. The Hall–Kier alpha value is -1.44. The van der Waals surface area contributed by atoms with E-state index in [4.69, 9.17) is 4.74 Å². The number of morpholine rings is 1. The molecule has 0 bridgehead atoms. The molecule has 0 radical (unpaired) electrons. The van der Waals surface area contributed by atoms with Gasteiger partial charge in [0.25, 0.3) is 5.91 Å². The van der Waals surface area contributed by atoms with Crippen molar-refractivity contribution >= 4 is 33.4 Å². The maximum atomic E-state index is 12.0. The van der Waals surface area contributed by atoms with Crippen molar-refractivity contribution in [2.75, 3.05) is 31.5 Å². The minimum absolute atomic E-state index is 0.0246. The van der Waals surface area contributed by atoms with Gasteiger partial charge in [0.15, 0.2) is 6.54 Å². The van der Waals surface area contributed by atoms with Crippen LogP contribution in [0.4, 0.5) is 5.69 Å². The number of amides is 2. The molecule has 132 valence electrons. The van der Waals surface area contributed by atoms with Crippen LogP contribution in [-0.4, -0.2) is 50.2 Å². The lowest BCUT2D eigenvalue weighted by atomic mass is 10.2. The maximum Gasteiger partial charge on any atom is 0.275 e. The van der Waals surface area contributed by atoms with Crippen molar-refractivity contribution in [2.45, 2.75) is 33.0 Å². The molecule has 1 saturated heterocycles. The maximum absolute atomic E-state index is 12.0. The highest BCUT2D eigenvalue weighted by Crippen LogP contribution is 2.19. The van der Waals surface area contributed by atoms with Crippen LogP contribution in [0.25, 0.3) is 0 Å². The number of anilines is 1. The number of halogens is 1. The quantitative estimate of drug-likeness (QED) is 0.676. The molecular weight excluding hydrogens is 374 g/mol. The predicted octanol–water partition coefficient (Wildman–Crippen LogP) is 0.504. The fourth-order valence-electron chi connectivity index (χ4n) is 2.96. The van der Waals surface area contributed by atoms with Gasteiger partial charge in [-0.05, 0) is 44.5 Å². The normalized spacial score (nSPS) is 23.6. The number of nitrogens with one attached hydrogen (secondary N) is 3. The molecule has 2 rings (SSSR count). The summed E-state index contributed by atoms with van der Waals surface area (Å²) in [6.45, 7) is 7.90. The first kappa shape index (κ1) is 18.9. The Bertz CT molecular complexity index is 599.